The van der Waals surface area contributed by atoms with Crippen LogP contribution in [0.1, 0.15) is 5.56 Å². The van der Waals surface area contributed by atoms with Crippen molar-refractivity contribution in [2.24, 2.45) is 5.73 Å². The molecule has 0 radical (unpaired) electrons. The van der Waals surface area contributed by atoms with Gasteiger partial charge in [0.2, 0.25) is 5.75 Å². The molecule has 0 spiro atoms. The zero-order valence-electron chi connectivity index (χ0n) is 9.72. The molecule has 7 heteroatoms. The quantitative estimate of drug-likeness (QED) is 0.262. The van der Waals surface area contributed by atoms with Crippen LogP contribution in [0.15, 0.2) is 24.4 Å². The molecule has 1 atom stereocenters. The number of hydrazine groups is 1. The van der Waals surface area contributed by atoms with Crippen molar-refractivity contribution in [1.29, 1.82) is 0 Å². The Morgan fingerprint density at radius 3 is 2.56 bits per heavy atom. The number of aliphatic hydroxyl groups excluding tert-OH is 1. The predicted molar refractivity (Wildman–Crippen MR) is 65.6 cm³/mol. The summed E-state index contributed by atoms with van der Waals surface area (Å²) >= 11 is 0. The number of aromatic hydroxyl groups is 3. The average molecular weight is 255 g/mol. The summed E-state index contributed by atoms with van der Waals surface area (Å²) in [4.78, 5) is 0. The van der Waals surface area contributed by atoms with E-state index in [0.29, 0.717) is 11.3 Å². The molecule has 1 rings (SSSR count). The van der Waals surface area contributed by atoms with Crippen LogP contribution in [0.4, 0.5) is 0 Å². The molecule has 0 aliphatic heterocycles. The highest BCUT2D eigenvalue weighted by Gasteiger charge is 2.11. The molecule has 7 nitrogen and oxygen atoms in total. The van der Waals surface area contributed by atoms with Crippen molar-refractivity contribution < 1.29 is 20.4 Å². The zero-order chi connectivity index (χ0) is 13.7. The molecule has 0 heterocycles. The van der Waals surface area contributed by atoms with Crippen molar-refractivity contribution in [1.82, 2.24) is 10.9 Å². The first kappa shape index (κ1) is 14.1. The van der Waals surface area contributed by atoms with Crippen molar-refractivity contribution in [2.75, 3.05) is 6.61 Å². The van der Waals surface area contributed by atoms with E-state index in [9.17, 15) is 10.2 Å². The highest BCUT2D eigenvalue weighted by molar-refractivity contribution is 5.52. The van der Waals surface area contributed by atoms with Crippen LogP contribution in [0.2, 0.25) is 0 Å². The van der Waals surface area contributed by atoms with Crippen molar-refractivity contribution >= 4 is 0 Å². The first-order chi connectivity index (χ1) is 8.47. The van der Waals surface area contributed by atoms with Crippen molar-refractivity contribution in [3.63, 3.8) is 0 Å². The fourth-order valence-electron chi connectivity index (χ4n) is 1.21. The van der Waals surface area contributed by atoms with Crippen LogP contribution in [-0.4, -0.2) is 33.1 Å². The third-order valence-electron chi connectivity index (χ3n) is 2.39. The minimum Gasteiger partial charge on any atom is -0.504 e. The van der Waals surface area contributed by atoms with Gasteiger partial charge >= 0.3 is 0 Å². The van der Waals surface area contributed by atoms with E-state index in [1.807, 2.05) is 0 Å². The fraction of sp³-hybridized carbons (Fsp3) is 0.273. The summed E-state index contributed by atoms with van der Waals surface area (Å²) in [6.45, 7) is 3.53. The Kier molecular flexibility index (Phi) is 4.78. The molecule has 0 fully saturated rings. The lowest BCUT2D eigenvalue weighted by molar-refractivity contribution is 0.273. The lowest BCUT2D eigenvalue weighted by atomic mass is 10.2. The monoisotopic (exact) mass is 255 g/mol. The van der Waals surface area contributed by atoms with Gasteiger partial charge in [-0.3, -0.25) is 0 Å². The minimum absolute atomic E-state index is 0.164. The predicted octanol–water partition coefficient (Wildman–Crippen LogP) is -0.769. The molecule has 0 aliphatic rings. The third kappa shape index (κ3) is 3.27. The van der Waals surface area contributed by atoms with E-state index < -0.39 is 23.3 Å². The fourth-order valence-corrected chi connectivity index (χ4v) is 1.21. The van der Waals surface area contributed by atoms with Gasteiger partial charge in [0, 0.05) is 17.8 Å². The van der Waals surface area contributed by atoms with E-state index in [1.54, 1.807) is 0 Å². The number of rotatable bonds is 6. The molecule has 0 amide bonds. The Bertz CT molecular complexity index is 437. The van der Waals surface area contributed by atoms with Gasteiger partial charge in [0.25, 0.3) is 0 Å². The van der Waals surface area contributed by atoms with Crippen LogP contribution in [0, 0.1) is 0 Å². The van der Waals surface area contributed by atoms with E-state index >= 15 is 0 Å². The Hall–Kier alpha value is -1.96. The molecule has 0 bridgehead atoms. The first-order valence-electron chi connectivity index (χ1n) is 5.24. The largest absolute Gasteiger partial charge is 0.504 e. The van der Waals surface area contributed by atoms with Crippen LogP contribution in [0.25, 0.3) is 0 Å². The Morgan fingerprint density at radius 1 is 1.28 bits per heavy atom. The van der Waals surface area contributed by atoms with E-state index in [4.69, 9.17) is 15.9 Å². The lowest BCUT2D eigenvalue weighted by Gasteiger charge is -2.16. The van der Waals surface area contributed by atoms with Gasteiger partial charge in [-0.1, -0.05) is 12.6 Å². The number of nitrogens with two attached hydrogens (primary N) is 1. The first-order valence-corrected chi connectivity index (χ1v) is 5.24. The molecule has 0 saturated carbocycles. The summed E-state index contributed by atoms with van der Waals surface area (Å²) in [5, 5.41) is 36.8. The molecular weight excluding hydrogens is 238 g/mol. The smallest absolute Gasteiger partial charge is 0.200 e. The second kappa shape index (κ2) is 6.10. The number of phenolic OH excluding ortho intramolecular Hbond substituents is 3. The van der Waals surface area contributed by atoms with Gasteiger partial charge in [0.1, 0.15) is 0 Å². The Labute approximate surface area is 104 Å². The van der Waals surface area contributed by atoms with Gasteiger partial charge in [-0.2, -0.15) is 0 Å². The number of benzene rings is 1. The molecule has 18 heavy (non-hydrogen) atoms. The van der Waals surface area contributed by atoms with Crippen LogP contribution in [0.5, 0.6) is 17.2 Å². The Morgan fingerprint density at radius 2 is 1.94 bits per heavy atom. The van der Waals surface area contributed by atoms with Crippen molar-refractivity contribution in [3.05, 3.63) is 30.0 Å². The van der Waals surface area contributed by atoms with Gasteiger partial charge < -0.3 is 31.6 Å². The van der Waals surface area contributed by atoms with Gasteiger partial charge in [-0.15, -0.1) is 0 Å². The molecule has 100 valence electrons. The maximum atomic E-state index is 9.53. The molecule has 0 aromatic heterocycles. The SMILES string of the molecule is C=C(NNCc1ccc(O)c(O)c1O)C(N)CO. The minimum atomic E-state index is -0.598. The second-order valence-corrected chi connectivity index (χ2v) is 3.73. The lowest BCUT2D eigenvalue weighted by Crippen LogP contribution is -2.40. The van der Waals surface area contributed by atoms with Gasteiger partial charge in [0.15, 0.2) is 11.5 Å². The highest BCUT2D eigenvalue weighted by Crippen LogP contribution is 2.36. The number of phenols is 3. The molecule has 0 aliphatic carbocycles. The molecule has 1 unspecified atom stereocenters. The summed E-state index contributed by atoms with van der Waals surface area (Å²) in [6, 6.07) is 2.12. The second-order valence-electron chi connectivity index (χ2n) is 3.73. The zero-order valence-corrected chi connectivity index (χ0v) is 9.72. The summed E-state index contributed by atoms with van der Waals surface area (Å²) in [6.07, 6.45) is 0. The number of hydrogen-bond acceptors (Lipinski definition) is 7. The number of aliphatic hydroxyl groups is 1. The number of nitrogens with one attached hydrogen (secondary N) is 2. The van der Waals surface area contributed by atoms with Crippen LogP contribution in [0.3, 0.4) is 0 Å². The Balaban J connectivity index is 2.55. The number of hydrogen-bond donors (Lipinski definition) is 7. The maximum absolute atomic E-state index is 9.53. The summed E-state index contributed by atoms with van der Waals surface area (Å²) in [5.74, 6) is -1.36. The van der Waals surface area contributed by atoms with Gasteiger partial charge in [-0.05, 0) is 6.07 Å². The molecule has 8 N–H and O–H groups in total. The van der Waals surface area contributed by atoms with Crippen LogP contribution in [-0.2, 0) is 6.54 Å². The van der Waals surface area contributed by atoms with Gasteiger partial charge in [0.05, 0.1) is 12.6 Å². The van der Waals surface area contributed by atoms with E-state index in [0.717, 1.165) is 0 Å². The normalized spacial score (nSPS) is 12.1. The topological polar surface area (TPSA) is 131 Å². The van der Waals surface area contributed by atoms with Crippen molar-refractivity contribution in [2.45, 2.75) is 12.6 Å². The summed E-state index contributed by atoms with van der Waals surface area (Å²) in [5.41, 5.74) is 11.6. The van der Waals surface area contributed by atoms with E-state index in [2.05, 4.69) is 17.4 Å². The van der Waals surface area contributed by atoms with Crippen LogP contribution >= 0.6 is 0 Å². The van der Waals surface area contributed by atoms with Crippen molar-refractivity contribution in [3.8, 4) is 17.2 Å². The summed E-state index contributed by atoms with van der Waals surface area (Å²) < 4.78 is 0. The van der Waals surface area contributed by atoms with Crippen LogP contribution < -0.4 is 16.6 Å². The summed E-state index contributed by atoms with van der Waals surface area (Å²) in [7, 11) is 0. The van der Waals surface area contributed by atoms with Gasteiger partial charge in [-0.25, -0.2) is 5.43 Å². The molecule has 1 aromatic carbocycles. The highest BCUT2D eigenvalue weighted by atomic mass is 16.3. The molecular formula is C11H17N3O4. The molecule has 1 aromatic rings. The average Bonchev–Trinajstić information content (AvgIpc) is 2.37. The van der Waals surface area contributed by atoms with E-state index in [-0.39, 0.29) is 13.2 Å². The third-order valence-corrected chi connectivity index (χ3v) is 2.39. The molecule has 0 saturated heterocycles. The maximum Gasteiger partial charge on any atom is 0.200 e. The van der Waals surface area contributed by atoms with E-state index in [1.165, 1.54) is 12.1 Å². The standard InChI is InChI=1S/C11H17N3O4/c1-6(8(12)5-15)14-13-4-7-2-3-9(16)11(18)10(7)17/h2-3,8,13-18H,1,4-5,12H2.